The van der Waals surface area contributed by atoms with Crippen molar-refractivity contribution >= 4 is 24.3 Å². The van der Waals surface area contributed by atoms with Crippen molar-refractivity contribution in [2.75, 3.05) is 6.61 Å². The Morgan fingerprint density at radius 3 is 1.75 bits per heavy atom. The van der Waals surface area contributed by atoms with Crippen molar-refractivity contribution in [1.82, 2.24) is 0 Å². The van der Waals surface area contributed by atoms with Gasteiger partial charge in [0.05, 0.1) is 6.61 Å². The molecule has 0 rings (SSSR count). The molecule has 0 fully saturated rings. The summed E-state index contributed by atoms with van der Waals surface area (Å²) in [5, 5.41) is 0. The van der Waals surface area contributed by atoms with Crippen LogP contribution in [0.25, 0.3) is 0 Å². The van der Waals surface area contributed by atoms with Crippen molar-refractivity contribution in [3.05, 3.63) is 0 Å². The minimum absolute atomic E-state index is 0. The van der Waals surface area contributed by atoms with Gasteiger partial charge in [0.15, 0.2) is 0 Å². The third kappa shape index (κ3) is 29.8. The maximum absolute atomic E-state index is 10.4. The molecule has 0 aromatic heterocycles. The van der Waals surface area contributed by atoms with Crippen LogP contribution in [-0.2, 0) is 22.5 Å². The summed E-state index contributed by atoms with van der Waals surface area (Å²) in [6, 6.07) is 0. The van der Waals surface area contributed by atoms with Gasteiger partial charge in [-0.3, -0.25) is 9.42 Å². The van der Waals surface area contributed by atoms with Crippen LogP contribution in [0.1, 0.15) is 9.78 Å². The molecular formula is C2H11Na2O9P3+2. The molecule has 0 aromatic rings. The van der Waals surface area contributed by atoms with E-state index in [9.17, 15) is 9.13 Å². The molecule has 0 amide bonds. The van der Waals surface area contributed by atoms with Crippen LogP contribution >= 0.6 is 24.3 Å². The van der Waals surface area contributed by atoms with Crippen molar-refractivity contribution in [2.45, 2.75) is 6.92 Å². The Balaban J connectivity index is -0.0000000402. The average molecular weight is 318 g/mol. The standard InChI is InChI=1S/C2H6O6P2.2Na.HO3P.2H/c1-2-7-10(5,6)8-9(3)4;;;1-4(2)3;;/h2H2,1H3,(H-,3,4,5,6);;;(H-,1,2,3);;/q;2*+1;;2*-1/p+2. The fraction of sp³-hybridized carbons (Fsp3) is 1.00. The molecule has 16 heavy (non-hydrogen) atoms. The third-order valence-electron chi connectivity index (χ3n) is 0.465. The Labute approximate surface area is 141 Å². The van der Waals surface area contributed by atoms with Gasteiger partial charge in [0.2, 0.25) is 0 Å². The van der Waals surface area contributed by atoms with Gasteiger partial charge in [0, 0.05) is 9.13 Å². The third-order valence-corrected chi connectivity index (χ3v) is 2.43. The summed E-state index contributed by atoms with van der Waals surface area (Å²) in [6.45, 7) is 1.40. The number of phosphoric acid groups is 1. The Kier molecular flexibility index (Phi) is 25.4. The molecule has 0 aliphatic rings. The predicted molar refractivity (Wildman–Crippen MR) is 46.6 cm³/mol. The Morgan fingerprint density at radius 1 is 1.25 bits per heavy atom. The van der Waals surface area contributed by atoms with E-state index in [1.54, 1.807) is 0 Å². The van der Waals surface area contributed by atoms with E-state index >= 15 is 0 Å². The molecule has 0 saturated heterocycles. The average Bonchev–Trinajstić information content (AvgIpc) is 1.80. The maximum Gasteiger partial charge on any atom is 1.00 e. The normalized spacial score (nSPS) is 12.9. The molecule has 0 aromatic carbocycles. The first kappa shape index (κ1) is 26.7. The molecule has 4 N–H and O–H groups in total. The topological polar surface area (TPSA) is 151 Å². The van der Waals surface area contributed by atoms with Gasteiger partial charge < -0.3 is 2.85 Å². The first-order valence-electron chi connectivity index (χ1n) is 2.89. The van der Waals surface area contributed by atoms with E-state index in [-0.39, 0.29) is 68.6 Å². The Hall–Kier alpha value is 2.19. The van der Waals surface area contributed by atoms with Gasteiger partial charge in [-0.2, -0.15) is 0 Å². The summed E-state index contributed by atoms with van der Waals surface area (Å²) in [7, 11) is -10.2. The van der Waals surface area contributed by atoms with E-state index < -0.39 is 24.3 Å². The van der Waals surface area contributed by atoms with Crippen LogP contribution in [0.5, 0.6) is 0 Å². The number of phosphoric ester groups is 1. The monoisotopic (exact) mass is 318 g/mol. The van der Waals surface area contributed by atoms with Crippen LogP contribution in [-0.4, -0.2) is 26.2 Å². The molecule has 0 spiro atoms. The summed E-state index contributed by atoms with van der Waals surface area (Å²) in [6.07, 6.45) is 0. The van der Waals surface area contributed by atoms with E-state index in [0.29, 0.717) is 0 Å². The second-order valence-electron chi connectivity index (χ2n) is 1.46. The van der Waals surface area contributed by atoms with E-state index in [1.807, 2.05) is 0 Å². The molecule has 0 radical (unpaired) electrons. The zero-order valence-corrected chi connectivity index (χ0v) is 15.6. The second kappa shape index (κ2) is 15.2. The van der Waals surface area contributed by atoms with E-state index in [0.717, 1.165) is 0 Å². The van der Waals surface area contributed by atoms with E-state index in [1.165, 1.54) is 6.92 Å². The number of hydrogen-bond acceptors (Lipinski definition) is 5. The zero-order valence-electron chi connectivity index (χ0n) is 10.9. The fourth-order valence-corrected chi connectivity index (χ4v) is 1.50. The van der Waals surface area contributed by atoms with Crippen LogP contribution in [0.2, 0.25) is 0 Å². The predicted octanol–water partition coefficient (Wildman–Crippen LogP) is -5.35. The first-order valence-corrected chi connectivity index (χ1v) is 6.68. The number of rotatable bonds is 4. The molecule has 0 aliphatic carbocycles. The largest absolute Gasteiger partial charge is 1.00 e. The van der Waals surface area contributed by atoms with Crippen molar-refractivity contribution in [2.24, 2.45) is 0 Å². The van der Waals surface area contributed by atoms with Crippen molar-refractivity contribution in [3.63, 3.8) is 0 Å². The maximum atomic E-state index is 10.4. The molecule has 2 atom stereocenters. The molecule has 9 nitrogen and oxygen atoms in total. The summed E-state index contributed by atoms with van der Waals surface area (Å²) in [5.74, 6) is 0. The minimum atomic E-state index is -4.28. The fourth-order valence-electron chi connectivity index (χ4n) is 0.275. The van der Waals surface area contributed by atoms with Gasteiger partial charge in [-0.15, -0.1) is 14.7 Å². The molecule has 88 valence electrons. The number of hydrogen-bond donors (Lipinski definition) is 4. The SMILES string of the molecule is CCOP(=O)(O)O[P+](=O)O.O=[P+](O)O.[H-].[H-].[Na+].[Na+]. The zero-order chi connectivity index (χ0) is 11.8. The summed E-state index contributed by atoms with van der Waals surface area (Å²) >= 11 is 0. The smallest absolute Gasteiger partial charge is 1.00 e. The van der Waals surface area contributed by atoms with Crippen LogP contribution in [0.3, 0.4) is 0 Å². The van der Waals surface area contributed by atoms with E-state index in [4.69, 9.17) is 24.1 Å². The molecular weight excluding hydrogens is 307 g/mol. The molecule has 0 aliphatic heterocycles. The molecule has 0 saturated carbocycles. The summed E-state index contributed by atoms with van der Waals surface area (Å²) < 4.78 is 36.6. The second-order valence-corrected chi connectivity index (χ2v) is 4.29. The summed E-state index contributed by atoms with van der Waals surface area (Å²) in [5.41, 5.74) is 0. The Morgan fingerprint density at radius 2 is 1.56 bits per heavy atom. The van der Waals surface area contributed by atoms with Crippen LogP contribution in [0.15, 0.2) is 0 Å². The van der Waals surface area contributed by atoms with Gasteiger partial charge in [-0.05, 0) is 11.2 Å². The van der Waals surface area contributed by atoms with Crippen molar-refractivity contribution in [1.29, 1.82) is 0 Å². The van der Waals surface area contributed by atoms with Gasteiger partial charge >= 0.3 is 83.4 Å². The van der Waals surface area contributed by atoms with Crippen molar-refractivity contribution in [3.8, 4) is 0 Å². The Bertz CT molecular complexity index is 250. The molecule has 0 bridgehead atoms. The van der Waals surface area contributed by atoms with Crippen molar-refractivity contribution < 1.29 is 104 Å². The minimum Gasteiger partial charge on any atom is -1.00 e. The van der Waals surface area contributed by atoms with Gasteiger partial charge in [0.25, 0.3) is 0 Å². The molecule has 0 heterocycles. The van der Waals surface area contributed by atoms with Gasteiger partial charge in [0.1, 0.15) is 0 Å². The molecule has 2 unspecified atom stereocenters. The van der Waals surface area contributed by atoms with Gasteiger partial charge in [-0.25, -0.2) is 4.57 Å². The van der Waals surface area contributed by atoms with Crippen LogP contribution in [0.4, 0.5) is 0 Å². The molecule has 14 heteroatoms. The van der Waals surface area contributed by atoms with Crippen LogP contribution < -0.4 is 59.1 Å². The van der Waals surface area contributed by atoms with Crippen LogP contribution in [0, 0.1) is 0 Å². The van der Waals surface area contributed by atoms with Gasteiger partial charge in [-0.1, -0.05) is 0 Å². The quantitative estimate of drug-likeness (QED) is 0.294. The summed E-state index contributed by atoms with van der Waals surface area (Å²) in [4.78, 5) is 30.7. The van der Waals surface area contributed by atoms with E-state index in [2.05, 4.69) is 8.83 Å². The first-order chi connectivity index (χ1) is 6.21.